The lowest BCUT2D eigenvalue weighted by Gasteiger charge is -2.21. The van der Waals surface area contributed by atoms with Gasteiger partial charge in [0.25, 0.3) is 0 Å². The van der Waals surface area contributed by atoms with Crippen LogP contribution in [0.4, 0.5) is 28.4 Å². The third-order valence-electron chi connectivity index (χ3n) is 24.6. The number of anilines is 5. The first-order valence-corrected chi connectivity index (χ1v) is 45.4. The van der Waals surface area contributed by atoms with E-state index in [9.17, 15) is 24.0 Å². The number of fused-ring (bicyclic) bond motifs is 9. The maximum Gasteiger partial charge on any atom is 0.326 e. The average molecular weight is 1700 g/mol. The molecular formula is C109H140N12O5. The zero-order valence-electron chi connectivity index (χ0n) is 80.4. The van der Waals surface area contributed by atoms with Crippen molar-refractivity contribution in [2.24, 2.45) is 7.05 Å². The molecule has 666 valence electrons. The summed E-state index contributed by atoms with van der Waals surface area (Å²) in [6, 6.07) is 41.8. The number of H-pyrrole nitrogens is 4. The Balaban J connectivity index is 0.000000148. The van der Waals surface area contributed by atoms with Crippen LogP contribution in [0.1, 0.15) is 319 Å². The average Bonchev–Trinajstić information content (AvgIpc) is 1.57. The number of hydrogen-bond acceptors (Lipinski definition) is 8. The SMILES string of the molecule is C=C1Cc2cc(C(C)C)cc(C)c2N1.Cc1cc(C(C)C)cc2c1NC(=O)C2.Cc1cc(C(C)C)cc2c1NC(=O)C2.Cc1cc(C(C)C)cc2c1NC(=O)CC2.Cc1cc(C(C)C)cc2c1NC(=O)CC2.Cc1cc(C(C)C)cc2c1[nH]c(=O)n2C.Cc1cc(C(C)C)cc2cc[nH]c12.Cc1cc(C(C)C)cc2cn[nH]c12.Cc1cc(C(C)C)cc2cn[nH]c12. The number of imidazole rings is 1. The van der Waals surface area contributed by atoms with Gasteiger partial charge in [-0.2, -0.15) is 10.2 Å². The highest BCUT2D eigenvalue weighted by Crippen LogP contribution is 2.38. The molecule has 0 aliphatic carbocycles. The number of carbonyl (C=O) groups is 4. The largest absolute Gasteiger partial charge is 0.361 e. The smallest absolute Gasteiger partial charge is 0.326 e. The first-order chi connectivity index (χ1) is 59.4. The Morgan fingerprint density at radius 2 is 0.579 bits per heavy atom. The predicted molar refractivity (Wildman–Crippen MR) is 531 cm³/mol. The number of aromatic nitrogens is 7. The molecule has 0 radical (unpaired) electrons. The molecule has 5 aliphatic rings. The number of nitrogens with zero attached hydrogens (tertiary/aromatic N) is 3. The second kappa shape index (κ2) is 42.0. The molecule has 18 rings (SSSR count). The van der Waals surface area contributed by atoms with Crippen LogP contribution in [0, 0.1) is 62.3 Å². The Hall–Kier alpha value is -11.9. The maximum atomic E-state index is 11.5. The summed E-state index contributed by atoms with van der Waals surface area (Å²) in [5, 5.41) is 32.9. The molecule has 0 spiro atoms. The lowest BCUT2D eigenvalue weighted by Crippen LogP contribution is -2.20. The van der Waals surface area contributed by atoms with Gasteiger partial charge in [0, 0.05) is 82.9 Å². The first kappa shape index (κ1) is 96.4. The molecule has 13 aromatic rings. The fraction of sp³-hybridized carbons (Fsp3) is 0.404. The summed E-state index contributed by atoms with van der Waals surface area (Å²) < 4.78 is 1.66. The van der Waals surface area contributed by atoms with E-state index >= 15 is 0 Å². The van der Waals surface area contributed by atoms with Crippen LogP contribution in [0.3, 0.4) is 0 Å². The van der Waals surface area contributed by atoms with E-state index in [0.29, 0.717) is 78.9 Å². The number of aromatic amines is 4. The highest BCUT2D eigenvalue weighted by Gasteiger charge is 2.25. The third-order valence-corrected chi connectivity index (χ3v) is 24.6. The van der Waals surface area contributed by atoms with Crippen molar-refractivity contribution < 1.29 is 19.2 Å². The molecule has 17 nitrogen and oxygen atoms in total. The summed E-state index contributed by atoms with van der Waals surface area (Å²) in [5.74, 6) is 5.52. The molecule has 0 atom stereocenters. The summed E-state index contributed by atoms with van der Waals surface area (Å²) in [6.07, 6.45) is 10.8. The fourth-order valence-electron chi connectivity index (χ4n) is 16.7. The van der Waals surface area contributed by atoms with Crippen LogP contribution in [-0.4, -0.2) is 58.6 Å². The zero-order chi connectivity index (χ0) is 92.3. The molecule has 17 heteroatoms. The van der Waals surface area contributed by atoms with E-state index in [1.807, 2.05) is 25.5 Å². The van der Waals surface area contributed by atoms with Gasteiger partial charge in [0.2, 0.25) is 23.6 Å². The van der Waals surface area contributed by atoms with E-state index in [1.54, 1.807) is 11.6 Å². The molecule has 0 saturated carbocycles. The predicted octanol–water partition coefficient (Wildman–Crippen LogP) is 26.7. The highest BCUT2D eigenvalue weighted by molar-refractivity contribution is 6.01. The summed E-state index contributed by atoms with van der Waals surface area (Å²) in [7, 11) is 1.80. The van der Waals surface area contributed by atoms with Crippen LogP contribution in [0.2, 0.25) is 0 Å². The molecule has 0 saturated heterocycles. The number of aryl methyl sites for hydroxylation is 12. The van der Waals surface area contributed by atoms with Gasteiger partial charge in [-0.1, -0.05) is 216 Å². The monoisotopic (exact) mass is 1700 g/mol. The molecule has 4 aromatic heterocycles. The lowest BCUT2D eigenvalue weighted by atomic mass is 9.92. The molecule has 0 fully saturated rings. The minimum absolute atomic E-state index is 0.0472. The number of nitrogens with one attached hydrogen (secondary N) is 9. The number of carbonyl (C=O) groups excluding carboxylic acids is 4. The second-order valence-electron chi connectivity index (χ2n) is 38.0. The molecule has 0 unspecified atom stereocenters. The Morgan fingerprint density at radius 3 is 0.937 bits per heavy atom. The number of hydrogen-bond donors (Lipinski definition) is 9. The van der Waals surface area contributed by atoms with Gasteiger partial charge in [-0.3, -0.25) is 33.9 Å². The van der Waals surface area contributed by atoms with E-state index in [0.717, 1.165) is 86.5 Å². The minimum Gasteiger partial charge on any atom is -0.361 e. The van der Waals surface area contributed by atoms with E-state index in [2.05, 4.69) is 359 Å². The van der Waals surface area contributed by atoms with Gasteiger partial charge in [-0.05, 0) is 292 Å². The number of allylic oxidation sites excluding steroid dienone is 1. The Morgan fingerprint density at radius 1 is 0.302 bits per heavy atom. The van der Waals surface area contributed by atoms with Crippen LogP contribution in [-0.2, 0) is 58.3 Å². The van der Waals surface area contributed by atoms with E-state index in [-0.39, 0.29) is 29.3 Å². The van der Waals surface area contributed by atoms with Crippen LogP contribution < -0.4 is 32.3 Å². The molecular weight excluding hydrogens is 1560 g/mol. The van der Waals surface area contributed by atoms with E-state index in [1.165, 1.54) is 139 Å². The Bertz CT molecular complexity index is 5730. The lowest BCUT2D eigenvalue weighted by molar-refractivity contribution is -0.117. The first-order valence-electron chi connectivity index (χ1n) is 45.4. The standard InChI is InChI=1S/2C13H17NO.C13H17N.C12H16N2O.2C12H15NO.C12H15N.2C11H14N2/c2*1-8(2)11-6-9(3)13-10(7-11)4-5-12(15)14-13;1-8(2)11-5-9(3)13-12(7-11)6-10(4)14-13;1-7(2)9-5-8(3)11-10(6-9)14(4)12(15)13-11;2*1-7(2)9-4-8(3)12-10(5-9)6-11(14)13-12;1-8(2)11-6-9(3)12-10(7-11)4-5-13-12;2*1-7(2)9-4-8(3)11-10(5-9)6-12-13-11/h2*6-8H,4-5H2,1-3H3,(H,14,15);5,7-8,14H,4,6H2,1-3H3;5-7H,1-4H3,(H,13,15);2*4-5,7H,6H2,1-3H3,(H,13,14);4-8,13H,1-3H3;2*4-7H,1-3H3,(H,12,13). The fourth-order valence-corrected chi connectivity index (χ4v) is 16.7. The molecule has 4 amide bonds. The van der Waals surface area contributed by atoms with Crippen LogP contribution >= 0.6 is 0 Å². The third kappa shape index (κ3) is 24.0. The summed E-state index contributed by atoms with van der Waals surface area (Å²) in [5.41, 5.74) is 41.6. The van der Waals surface area contributed by atoms with Crippen LogP contribution in [0.5, 0.6) is 0 Å². The van der Waals surface area contributed by atoms with Crippen molar-refractivity contribution in [1.29, 1.82) is 0 Å². The molecule has 9 aromatic carbocycles. The number of rotatable bonds is 9. The van der Waals surface area contributed by atoms with Crippen molar-refractivity contribution in [2.75, 3.05) is 26.6 Å². The number of amides is 4. The normalized spacial score (nSPS) is 13.3. The van der Waals surface area contributed by atoms with Gasteiger partial charge >= 0.3 is 5.69 Å². The van der Waals surface area contributed by atoms with Crippen molar-refractivity contribution in [1.82, 2.24) is 34.9 Å². The van der Waals surface area contributed by atoms with Crippen LogP contribution in [0.15, 0.2) is 151 Å². The van der Waals surface area contributed by atoms with Crippen LogP contribution in [0.25, 0.3) is 43.7 Å². The van der Waals surface area contributed by atoms with E-state index < -0.39 is 0 Å². The van der Waals surface area contributed by atoms with Crippen molar-refractivity contribution in [3.8, 4) is 0 Å². The van der Waals surface area contributed by atoms with Gasteiger partial charge in [-0.25, -0.2) is 4.79 Å². The Kier molecular flexibility index (Phi) is 32.1. The van der Waals surface area contributed by atoms with Crippen molar-refractivity contribution >= 4 is 95.8 Å². The topological polar surface area (TPSA) is 239 Å². The van der Waals surface area contributed by atoms with Crippen molar-refractivity contribution in [3.05, 3.63) is 285 Å². The Labute approximate surface area is 748 Å². The summed E-state index contributed by atoms with van der Waals surface area (Å²) >= 11 is 0. The summed E-state index contributed by atoms with van der Waals surface area (Å²) in [6.45, 7) is 62.4. The second-order valence-corrected chi connectivity index (χ2v) is 38.0. The van der Waals surface area contributed by atoms with Gasteiger partial charge in [0.1, 0.15) is 0 Å². The van der Waals surface area contributed by atoms with Gasteiger partial charge in [0.15, 0.2) is 0 Å². The van der Waals surface area contributed by atoms with E-state index in [4.69, 9.17) is 0 Å². The minimum atomic E-state index is -0.0472. The van der Waals surface area contributed by atoms with Gasteiger partial charge < -0.3 is 36.6 Å². The van der Waals surface area contributed by atoms with Crippen molar-refractivity contribution in [2.45, 2.75) is 285 Å². The molecule has 0 bridgehead atoms. The van der Waals surface area contributed by atoms with Gasteiger partial charge in [-0.15, -0.1) is 0 Å². The molecule has 5 aliphatic heterocycles. The van der Waals surface area contributed by atoms with Gasteiger partial charge in [0.05, 0.1) is 47.3 Å². The summed E-state index contributed by atoms with van der Waals surface area (Å²) in [4.78, 5) is 62.6. The highest BCUT2D eigenvalue weighted by atomic mass is 16.2. The number of benzene rings is 9. The molecule has 9 N–H and O–H groups in total. The zero-order valence-corrected chi connectivity index (χ0v) is 80.4. The molecule has 126 heavy (non-hydrogen) atoms. The quantitative estimate of drug-likeness (QED) is 0.0672. The van der Waals surface area contributed by atoms with Crippen molar-refractivity contribution in [3.63, 3.8) is 0 Å². The maximum absolute atomic E-state index is 11.5. The molecule has 9 heterocycles.